The molecule has 5 rings (SSSR count). The molecule has 198 valence electrons. The number of Topliss-reactive ketones (excluding diaryl/α,β-unsaturated/α-hetero) is 1. The van der Waals surface area contributed by atoms with Crippen LogP contribution in [0.25, 0.3) is 5.69 Å². The van der Waals surface area contributed by atoms with E-state index in [1.165, 1.54) is 0 Å². The minimum absolute atomic E-state index is 0.109. The van der Waals surface area contributed by atoms with Crippen molar-refractivity contribution >= 4 is 29.0 Å². The summed E-state index contributed by atoms with van der Waals surface area (Å²) in [4.78, 5) is 29.2. The number of hydrogen-bond donors (Lipinski definition) is 1. The Hall–Kier alpha value is -4.30. The highest BCUT2D eigenvalue weighted by molar-refractivity contribution is 6.30. The van der Waals surface area contributed by atoms with Gasteiger partial charge < -0.3 is 10.1 Å². The number of ketones is 1. The monoisotopic (exact) mass is 541 g/mol. The predicted molar refractivity (Wildman–Crippen MR) is 150 cm³/mol. The zero-order chi connectivity index (χ0) is 27.5. The Morgan fingerprint density at radius 3 is 2.41 bits per heavy atom. The van der Waals surface area contributed by atoms with Gasteiger partial charge in [-0.15, -0.1) is 10.2 Å². The van der Waals surface area contributed by atoms with Crippen LogP contribution in [0.2, 0.25) is 5.02 Å². The van der Waals surface area contributed by atoms with Gasteiger partial charge in [-0.1, -0.05) is 35.9 Å². The number of rotatable bonds is 8. The number of carbonyl (C=O) groups excluding carboxylic acids is 2. The van der Waals surface area contributed by atoms with Crippen LogP contribution in [-0.4, -0.2) is 38.7 Å². The lowest BCUT2D eigenvalue weighted by Gasteiger charge is -2.15. The molecule has 0 fully saturated rings. The summed E-state index contributed by atoms with van der Waals surface area (Å²) < 4.78 is 8.16. The number of carbonyl (C=O) groups is 2. The van der Waals surface area contributed by atoms with Crippen molar-refractivity contribution in [2.75, 3.05) is 6.54 Å². The number of fused-ring (bicyclic) bond motifs is 3. The molecule has 1 aromatic heterocycles. The first-order chi connectivity index (χ1) is 18.8. The molecule has 2 heterocycles. The number of nitrogens with one attached hydrogen (secondary N) is 1. The molecule has 0 aliphatic carbocycles. The molecule has 1 amide bonds. The molecule has 1 N–H and O–H groups in total. The molecule has 0 unspecified atom stereocenters. The molecule has 39 heavy (non-hydrogen) atoms. The van der Waals surface area contributed by atoms with Crippen molar-refractivity contribution in [3.63, 3.8) is 0 Å². The van der Waals surface area contributed by atoms with Crippen LogP contribution in [0.4, 0.5) is 0 Å². The molecule has 0 bridgehead atoms. The number of halogens is 1. The van der Waals surface area contributed by atoms with Gasteiger partial charge in [0, 0.05) is 29.1 Å². The molecule has 9 heteroatoms. The second kappa shape index (κ2) is 11.2. The van der Waals surface area contributed by atoms with E-state index in [1.54, 1.807) is 6.92 Å². The molecule has 1 atom stereocenters. The lowest BCUT2D eigenvalue weighted by molar-refractivity contribution is -0.121. The van der Waals surface area contributed by atoms with Crippen LogP contribution in [-0.2, 0) is 16.0 Å². The minimum atomic E-state index is -0.547. The van der Waals surface area contributed by atoms with E-state index in [4.69, 9.17) is 21.3 Å². The van der Waals surface area contributed by atoms with Crippen molar-refractivity contribution in [2.24, 2.45) is 4.99 Å². The number of amides is 1. The SMILES string of the molecule is CCNC(=O)C[C@@H]1N=C(c2ccc(Cl)cc2)c2cc(Oc3ccc(CC(C)=O)cc3)ccc2-n2c(C)nnc21. The standard InChI is InChI=1S/C30H28ClN5O3/c1-4-32-28(38)17-26-30-35-34-19(3)36(30)27-14-13-24(39-23-11-5-20(6-12-23)15-18(2)37)16-25(27)29(33-26)21-7-9-22(31)10-8-21/h5-14,16,26H,4,15,17H2,1-3H3,(H,32,38)/t26-/m0/s1. The van der Waals surface area contributed by atoms with Crippen molar-refractivity contribution in [3.8, 4) is 17.2 Å². The fraction of sp³-hybridized carbons (Fsp3) is 0.233. The summed E-state index contributed by atoms with van der Waals surface area (Å²) in [6.45, 7) is 5.86. The summed E-state index contributed by atoms with van der Waals surface area (Å²) in [5.41, 5.74) is 4.13. The maximum absolute atomic E-state index is 12.6. The van der Waals surface area contributed by atoms with Crippen molar-refractivity contribution in [1.82, 2.24) is 20.1 Å². The van der Waals surface area contributed by atoms with Crippen LogP contribution >= 0.6 is 11.6 Å². The lowest BCUT2D eigenvalue weighted by atomic mass is 10.00. The lowest BCUT2D eigenvalue weighted by Crippen LogP contribution is -2.25. The molecular weight excluding hydrogens is 514 g/mol. The van der Waals surface area contributed by atoms with Crippen LogP contribution < -0.4 is 10.1 Å². The summed E-state index contributed by atoms with van der Waals surface area (Å²) in [5, 5.41) is 12.2. The van der Waals surface area contributed by atoms with E-state index in [0.717, 1.165) is 22.4 Å². The Balaban J connectivity index is 1.61. The molecule has 0 saturated carbocycles. The van der Waals surface area contributed by atoms with Gasteiger partial charge in [-0.25, -0.2) is 0 Å². The van der Waals surface area contributed by atoms with Gasteiger partial charge in [0.25, 0.3) is 0 Å². The van der Waals surface area contributed by atoms with Crippen LogP contribution in [0, 0.1) is 6.92 Å². The quantitative estimate of drug-likeness (QED) is 0.314. The van der Waals surface area contributed by atoms with E-state index in [0.29, 0.717) is 46.8 Å². The Morgan fingerprint density at radius 2 is 1.72 bits per heavy atom. The maximum atomic E-state index is 12.6. The van der Waals surface area contributed by atoms with Crippen molar-refractivity contribution in [3.05, 3.63) is 100 Å². The maximum Gasteiger partial charge on any atom is 0.222 e. The van der Waals surface area contributed by atoms with Gasteiger partial charge >= 0.3 is 0 Å². The van der Waals surface area contributed by atoms with E-state index >= 15 is 0 Å². The number of ether oxygens (including phenoxy) is 1. The summed E-state index contributed by atoms with van der Waals surface area (Å²) in [6.07, 6.45) is 0.519. The fourth-order valence-electron chi connectivity index (χ4n) is 4.66. The molecule has 0 spiro atoms. The third kappa shape index (κ3) is 5.76. The average Bonchev–Trinajstić information content (AvgIpc) is 3.23. The highest BCUT2D eigenvalue weighted by Gasteiger charge is 2.30. The van der Waals surface area contributed by atoms with Gasteiger partial charge in [0.15, 0.2) is 5.82 Å². The number of benzene rings is 3. The van der Waals surface area contributed by atoms with E-state index in [9.17, 15) is 9.59 Å². The summed E-state index contributed by atoms with van der Waals surface area (Å²) in [7, 11) is 0. The number of aliphatic imine (C=N–C) groups is 1. The van der Waals surface area contributed by atoms with Crippen LogP contribution in [0.5, 0.6) is 11.5 Å². The smallest absolute Gasteiger partial charge is 0.222 e. The average molecular weight is 542 g/mol. The van der Waals surface area contributed by atoms with Crippen molar-refractivity contribution < 1.29 is 14.3 Å². The first-order valence-electron chi connectivity index (χ1n) is 12.8. The zero-order valence-electron chi connectivity index (χ0n) is 21.9. The zero-order valence-corrected chi connectivity index (χ0v) is 22.7. The van der Waals surface area contributed by atoms with Crippen LogP contribution in [0.3, 0.4) is 0 Å². The molecule has 0 radical (unpaired) electrons. The van der Waals surface area contributed by atoms with Crippen molar-refractivity contribution in [1.29, 1.82) is 0 Å². The highest BCUT2D eigenvalue weighted by atomic mass is 35.5. The first-order valence-corrected chi connectivity index (χ1v) is 13.1. The fourth-order valence-corrected chi connectivity index (χ4v) is 4.78. The Bertz CT molecular complexity index is 1560. The first kappa shape index (κ1) is 26.3. The van der Waals surface area contributed by atoms with Gasteiger partial charge in [0.2, 0.25) is 5.91 Å². The second-order valence-electron chi connectivity index (χ2n) is 9.40. The van der Waals surface area contributed by atoms with Crippen LogP contribution in [0.1, 0.15) is 54.6 Å². The Labute approximate surface area is 231 Å². The van der Waals surface area contributed by atoms with Crippen LogP contribution in [0.15, 0.2) is 71.7 Å². The van der Waals surface area contributed by atoms with Gasteiger partial charge in [0.1, 0.15) is 29.1 Å². The topological polar surface area (TPSA) is 98.5 Å². The van der Waals surface area contributed by atoms with E-state index in [1.807, 2.05) is 85.1 Å². The number of nitrogens with zero attached hydrogens (tertiary/aromatic N) is 4. The Morgan fingerprint density at radius 1 is 1.00 bits per heavy atom. The van der Waals surface area contributed by atoms with E-state index in [-0.39, 0.29) is 18.1 Å². The molecule has 4 aromatic rings. The third-order valence-electron chi connectivity index (χ3n) is 6.38. The number of hydrogen-bond acceptors (Lipinski definition) is 6. The molecule has 0 saturated heterocycles. The number of aromatic nitrogens is 3. The molecular formula is C30H28ClN5O3. The minimum Gasteiger partial charge on any atom is -0.457 e. The third-order valence-corrected chi connectivity index (χ3v) is 6.63. The summed E-state index contributed by atoms with van der Waals surface area (Å²) in [5.74, 6) is 2.54. The van der Waals surface area contributed by atoms with Gasteiger partial charge in [-0.2, -0.15) is 0 Å². The van der Waals surface area contributed by atoms with Gasteiger partial charge in [-0.3, -0.25) is 19.1 Å². The Kier molecular flexibility index (Phi) is 7.56. The second-order valence-corrected chi connectivity index (χ2v) is 9.84. The van der Waals surface area contributed by atoms with Gasteiger partial charge in [0.05, 0.1) is 17.8 Å². The molecule has 1 aliphatic rings. The summed E-state index contributed by atoms with van der Waals surface area (Å²) >= 11 is 6.19. The summed E-state index contributed by atoms with van der Waals surface area (Å²) in [6, 6.07) is 20.2. The molecule has 3 aromatic carbocycles. The predicted octanol–water partition coefficient (Wildman–Crippen LogP) is 5.57. The normalized spacial score (nSPS) is 14.1. The highest BCUT2D eigenvalue weighted by Crippen LogP contribution is 2.35. The van der Waals surface area contributed by atoms with Gasteiger partial charge in [-0.05, 0) is 68.8 Å². The molecule has 8 nitrogen and oxygen atoms in total. The number of aryl methyl sites for hydroxylation is 1. The largest absolute Gasteiger partial charge is 0.457 e. The molecule has 1 aliphatic heterocycles. The van der Waals surface area contributed by atoms with E-state index in [2.05, 4.69) is 15.5 Å². The van der Waals surface area contributed by atoms with E-state index < -0.39 is 6.04 Å². The van der Waals surface area contributed by atoms with Crippen molar-refractivity contribution in [2.45, 2.75) is 39.7 Å².